The van der Waals surface area contributed by atoms with Gasteiger partial charge in [0.15, 0.2) is 0 Å². The summed E-state index contributed by atoms with van der Waals surface area (Å²) in [5.74, 6) is -0.138. The fraction of sp³-hybridized carbons (Fsp3) is 0.562. The average molecular weight is 338 g/mol. The van der Waals surface area contributed by atoms with Gasteiger partial charge in [-0.3, -0.25) is 4.79 Å². The molecule has 1 unspecified atom stereocenters. The van der Waals surface area contributed by atoms with E-state index in [-0.39, 0.29) is 22.9 Å². The summed E-state index contributed by atoms with van der Waals surface area (Å²) in [4.78, 5) is 14.6. The number of hydrogen-bond donors (Lipinski definition) is 1. The van der Waals surface area contributed by atoms with Crippen molar-refractivity contribution in [2.75, 3.05) is 19.7 Å². The van der Waals surface area contributed by atoms with Gasteiger partial charge in [-0.1, -0.05) is 6.07 Å². The van der Waals surface area contributed by atoms with Crippen molar-refractivity contribution in [3.8, 4) is 0 Å². The Hall–Kier alpha value is -1.44. The number of amides is 1. The zero-order chi connectivity index (χ0) is 16.6. The molecule has 0 spiro atoms. The van der Waals surface area contributed by atoms with E-state index in [0.29, 0.717) is 25.3 Å². The van der Waals surface area contributed by atoms with Crippen molar-refractivity contribution >= 4 is 15.9 Å². The summed E-state index contributed by atoms with van der Waals surface area (Å²) in [6.45, 7) is 5.30. The molecule has 3 rings (SSSR count). The van der Waals surface area contributed by atoms with E-state index in [4.69, 9.17) is 4.74 Å². The molecule has 1 aromatic rings. The van der Waals surface area contributed by atoms with Crippen LogP contribution < -0.4 is 4.72 Å². The molecule has 7 heteroatoms. The van der Waals surface area contributed by atoms with E-state index in [1.807, 2.05) is 13.8 Å². The second-order valence-electron chi connectivity index (χ2n) is 6.30. The van der Waals surface area contributed by atoms with Crippen molar-refractivity contribution in [1.82, 2.24) is 9.62 Å². The predicted octanol–water partition coefficient (Wildman–Crippen LogP) is 1.30. The second kappa shape index (κ2) is 6.22. The maximum absolute atomic E-state index is 12.7. The van der Waals surface area contributed by atoms with Gasteiger partial charge < -0.3 is 9.64 Å². The maximum Gasteiger partial charge on any atom is 0.254 e. The number of ether oxygens (including phenoxy) is 1. The first-order valence-electron chi connectivity index (χ1n) is 7.90. The van der Waals surface area contributed by atoms with Crippen LogP contribution in [-0.4, -0.2) is 51.1 Å². The first-order chi connectivity index (χ1) is 10.9. The van der Waals surface area contributed by atoms with Crippen LogP contribution in [0, 0.1) is 6.92 Å². The maximum atomic E-state index is 12.7. The summed E-state index contributed by atoms with van der Waals surface area (Å²) in [6.07, 6.45) is 1.75. The topological polar surface area (TPSA) is 75.7 Å². The Kier molecular flexibility index (Phi) is 4.44. The number of rotatable bonds is 4. The van der Waals surface area contributed by atoms with Gasteiger partial charge in [0.05, 0.1) is 17.6 Å². The van der Waals surface area contributed by atoms with Crippen LogP contribution in [0.15, 0.2) is 23.1 Å². The van der Waals surface area contributed by atoms with Crippen molar-refractivity contribution in [2.24, 2.45) is 0 Å². The van der Waals surface area contributed by atoms with Gasteiger partial charge in [0.25, 0.3) is 5.91 Å². The Bertz CT molecular complexity index is 713. The molecule has 1 aliphatic heterocycles. The van der Waals surface area contributed by atoms with Gasteiger partial charge in [-0.15, -0.1) is 0 Å². The lowest BCUT2D eigenvalue weighted by molar-refractivity contribution is -0.0124. The van der Waals surface area contributed by atoms with Crippen molar-refractivity contribution in [3.05, 3.63) is 29.3 Å². The lowest BCUT2D eigenvalue weighted by Crippen LogP contribution is -2.44. The number of carbonyl (C=O) groups is 1. The van der Waals surface area contributed by atoms with Crippen LogP contribution in [0.1, 0.15) is 35.7 Å². The molecule has 0 radical (unpaired) electrons. The summed E-state index contributed by atoms with van der Waals surface area (Å²) in [7, 11) is -3.56. The van der Waals surface area contributed by atoms with Crippen molar-refractivity contribution in [2.45, 2.75) is 43.7 Å². The fourth-order valence-electron chi connectivity index (χ4n) is 2.66. The fourth-order valence-corrected chi connectivity index (χ4v) is 3.99. The van der Waals surface area contributed by atoms with E-state index in [1.54, 1.807) is 17.0 Å². The zero-order valence-electron chi connectivity index (χ0n) is 13.4. The Morgan fingerprint density at radius 2 is 2.09 bits per heavy atom. The summed E-state index contributed by atoms with van der Waals surface area (Å²) < 4.78 is 32.8. The standard InChI is InChI=1S/C16H22N2O4S/c1-11-3-6-14(23(20,21)17-13-4-5-13)9-15(11)16(19)18-7-8-22-12(2)10-18/h3,6,9,12-13,17H,4-5,7-8,10H2,1-2H3. The molecule has 0 aromatic heterocycles. The largest absolute Gasteiger partial charge is 0.375 e. The quantitative estimate of drug-likeness (QED) is 0.898. The Morgan fingerprint density at radius 3 is 2.74 bits per heavy atom. The molecule has 0 bridgehead atoms. The van der Waals surface area contributed by atoms with Gasteiger partial charge in [-0.25, -0.2) is 13.1 Å². The Labute approximate surface area is 136 Å². The van der Waals surface area contributed by atoms with Crippen molar-refractivity contribution in [3.63, 3.8) is 0 Å². The molecule has 2 fully saturated rings. The first kappa shape index (κ1) is 16.4. The summed E-state index contributed by atoms with van der Waals surface area (Å²) >= 11 is 0. The lowest BCUT2D eigenvalue weighted by Gasteiger charge is -2.31. The zero-order valence-corrected chi connectivity index (χ0v) is 14.2. The third-order valence-electron chi connectivity index (χ3n) is 4.18. The van der Waals surface area contributed by atoms with E-state index >= 15 is 0 Å². The highest BCUT2D eigenvalue weighted by molar-refractivity contribution is 7.89. The summed E-state index contributed by atoms with van der Waals surface area (Å²) in [5.41, 5.74) is 1.22. The average Bonchev–Trinajstić information content (AvgIpc) is 3.30. The monoisotopic (exact) mass is 338 g/mol. The molecule has 1 aromatic carbocycles. The van der Waals surface area contributed by atoms with E-state index < -0.39 is 10.0 Å². The molecular formula is C16H22N2O4S. The van der Waals surface area contributed by atoms with E-state index in [0.717, 1.165) is 18.4 Å². The third-order valence-corrected chi connectivity index (χ3v) is 5.70. The van der Waals surface area contributed by atoms with Gasteiger partial charge in [-0.2, -0.15) is 0 Å². The number of carbonyl (C=O) groups excluding carboxylic acids is 1. The molecule has 1 saturated heterocycles. The molecule has 1 saturated carbocycles. The van der Waals surface area contributed by atoms with Crippen LogP contribution in [0.25, 0.3) is 0 Å². The van der Waals surface area contributed by atoms with Crippen molar-refractivity contribution in [1.29, 1.82) is 0 Å². The Morgan fingerprint density at radius 1 is 1.35 bits per heavy atom. The van der Waals surface area contributed by atoms with Crippen LogP contribution >= 0.6 is 0 Å². The predicted molar refractivity (Wildman–Crippen MR) is 85.8 cm³/mol. The number of aryl methyl sites for hydroxylation is 1. The minimum atomic E-state index is -3.56. The highest BCUT2D eigenvalue weighted by atomic mass is 32.2. The van der Waals surface area contributed by atoms with Crippen LogP contribution in [-0.2, 0) is 14.8 Å². The lowest BCUT2D eigenvalue weighted by atomic mass is 10.1. The third kappa shape index (κ3) is 3.73. The minimum absolute atomic E-state index is 0.00328. The number of hydrogen-bond acceptors (Lipinski definition) is 4. The van der Waals surface area contributed by atoms with Gasteiger partial charge in [0.1, 0.15) is 0 Å². The van der Waals surface area contributed by atoms with Crippen LogP contribution in [0.4, 0.5) is 0 Å². The molecule has 2 aliphatic rings. The highest BCUT2D eigenvalue weighted by Gasteiger charge is 2.29. The van der Waals surface area contributed by atoms with Crippen LogP contribution in [0.3, 0.4) is 0 Å². The summed E-state index contributed by atoms with van der Waals surface area (Å²) in [5, 5.41) is 0. The molecule has 1 amide bonds. The number of morpholine rings is 1. The van der Waals surface area contributed by atoms with Crippen LogP contribution in [0.2, 0.25) is 0 Å². The van der Waals surface area contributed by atoms with E-state index in [9.17, 15) is 13.2 Å². The number of nitrogens with one attached hydrogen (secondary N) is 1. The van der Waals surface area contributed by atoms with Gasteiger partial charge >= 0.3 is 0 Å². The van der Waals surface area contributed by atoms with Crippen LogP contribution in [0.5, 0.6) is 0 Å². The van der Waals surface area contributed by atoms with Gasteiger partial charge in [0, 0.05) is 24.7 Å². The highest BCUT2D eigenvalue weighted by Crippen LogP contribution is 2.24. The molecule has 1 aliphatic carbocycles. The molecule has 1 atom stereocenters. The number of nitrogens with zero attached hydrogens (tertiary/aromatic N) is 1. The van der Waals surface area contributed by atoms with Crippen molar-refractivity contribution < 1.29 is 17.9 Å². The molecule has 23 heavy (non-hydrogen) atoms. The van der Waals surface area contributed by atoms with E-state index in [2.05, 4.69) is 4.72 Å². The molecule has 1 heterocycles. The SMILES string of the molecule is Cc1ccc(S(=O)(=O)NC2CC2)cc1C(=O)N1CCOC(C)C1. The molecule has 126 valence electrons. The summed E-state index contributed by atoms with van der Waals surface area (Å²) in [6, 6.07) is 4.78. The number of benzene rings is 1. The number of sulfonamides is 1. The van der Waals surface area contributed by atoms with Gasteiger partial charge in [0.2, 0.25) is 10.0 Å². The van der Waals surface area contributed by atoms with E-state index in [1.165, 1.54) is 6.07 Å². The molecular weight excluding hydrogens is 316 g/mol. The molecule has 6 nitrogen and oxygen atoms in total. The molecule has 1 N–H and O–H groups in total. The minimum Gasteiger partial charge on any atom is -0.375 e. The smallest absolute Gasteiger partial charge is 0.254 e. The first-order valence-corrected chi connectivity index (χ1v) is 9.39. The van der Waals surface area contributed by atoms with Gasteiger partial charge in [-0.05, 0) is 44.4 Å². The Balaban J connectivity index is 1.86. The second-order valence-corrected chi connectivity index (χ2v) is 8.02. The normalized spacial score (nSPS) is 22.2.